The van der Waals surface area contributed by atoms with Gasteiger partial charge in [-0.3, -0.25) is 0 Å². The summed E-state index contributed by atoms with van der Waals surface area (Å²) in [5, 5.41) is 10.0. The molecule has 0 radical (unpaired) electrons. The van der Waals surface area contributed by atoms with Crippen LogP contribution in [0, 0.1) is 5.82 Å². The van der Waals surface area contributed by atoms with Crippen molar-refractivity contribution in [3.05, 3.63) is 34.6 Å². The first-order chi connectivity index (χ1) is 6.34. The average Bonchev–Trinajstić information content (AvgIpc) is 2.01. The molecule has 1 N–H and O–H groups in total. The van der Waals surface area contributed by atoms with Gasteiger partial charge in [0.25, 0.3) is 0 Å². The smallest absolute Gasteiger partial charge is 0.140 e. The van der Waals surface area contributed by atoms with E-state index in [9.17, 15) is 9.50 Å². The zero-order chi connectivity index (χ0) is 10.9. The van der Waals surface area contributed by atoms with Crippen LogP contribution in [0.5, 0.6) is 0 Å². The molecular formula is C9H8Cl3FO. The maximum Gasteiger partial charge on any atom is 0.140 e. The van der Waals surface area contributed by atoms with Gasteiger partial charge in [0.1, 0.15) is 16.3 Å². The lowest BCUT2D eigenvalue weighted by molar-refractivity contribution is 0.0717. The molecule has 5 heteroatoms. The van der Waals surface area contributed by atoms with Crippen LogP contribution in [0.3, 0.4) is 0 Å². The number of rotatable bonds is 2. The Morgan fingerprint density at radius 2 is 1.93 bits per heavy atom. The second-order valence-corrected chi connectivity index (χ2v) is 4.64. The second-order valence-electron chi connectivity index (χ2n) is 3.11. The van der Waals surface area contributed by atoms with Gasteiger partial charge in [0.15, 0.2) is 0 Å². The number of aliphatic hydroxyl groups is 1. The molecular weight excluding hydrogens is 249 g/mol. The minimum Gasteiger partial charge on any atom is -0.383 e. The van der Waals surface area contributed by atoms with Gasteiger partial charge in [-0.15, -0.1) is 23.2 Å². The van der Waals surface area contributed by atoms with Gasteiger partial charge in [0.05, 0.1) is 0 Å². The average molecular weight is 258 g/mol. The summed E-state index contributed by atoms with van der Waals surface area (Å²) in [7, 11) is 0. The van der Waals surface area contributed by atoms with Crippen LogP contribution in [0.1, 0.15) is 12.5 Å². The van der Waals surface area contributed by atoms with Crippen molar-refractivity contribution in [2.45, 2.75) is 17.4 Å². The van der Waals surface area contributed by atoms with Gasteiger partial charge >= 0.3 is 0 Å². The van der Waals surface area contributed by atoms with Gasteiger partial charge in [0.2, 0.25) is 0 Å². The molecule has 1 atom stereocenters. The number of hydrogen-bond donors (Lipinski definition) is 1. The van der Waals surface area contributed by atoms with Crippen molar-refractivity contribution < 1.29 is 9.50 Å². The first-order valence-corrected chi connectivity index (χ1v) is 5.06. The van der Waals surface area contributed by atoms with Crippen LogP contribution < -0.4 is 0 Å². The summed E-state index contributed by atoms with van der Waals surface area (Å²) in [6.45, 7) is 1.39. The highest BCUT2D eigenvalue weighted by atomic mass is 35.5. The zero-order valence-corrected chi connectivity index (χ0v) is 9.54. The van der Waals surface area contributed by atoms with E-state index < -0.39 is 16.3 Å². The highest BCUT2D eigenvalue weighted by Crippen LogP contribution is 2.32. The number of halogens is 4. The molecule has 0 saturated carbocycles. The molecule has 1 unspecified atom stereocenters. The van der Waals surface area contributed by atoms with Crippen LogP contribution in [-0.4, -0.2) is 9.94 Å². The molecule has 0 aromatic heterocycles. The lowest BCUT2D eigenvalue weighted by Crippen LogP contribution is -2.29. The summed E-state index contributed by atoms with van der Waals surface area (Å²) in [5.74, 6) is -0.540. The number of alkyl halides is 2. The molecule has 0 bridgehead atoms. The summed E-state index contributed by atoms with van der Waals surface area (Å²) in [4.78, 5) is -1.06. The van der Waals surface area contributed by atoms with Crippen molar-refractivity contribution in [2.24, 2.45) is 0 Å². The SMILES string of the molecule is CC(O)(c1cc(F)cc(Cl)c1)C(Cl)Cl. The van der Waals surface area contributed by atoms with E-state index in [4.69, 9.17) is 34.8 Å². The van der Waals surface area contributed by atoms with Crippen molar-refractivity contribution in [3.8, 4) is 0 Å². The third-order valence-electron chi connectivity index (χ3n) is 1.87. The molecule has 0 aliphatic heterocycles. The van der Waals surface area contributed by atoms with Crippen LogP contribution in [0.15, 0.2) is 18.2 Å². The first kappa shape index (κ1) is 12.1. The predicted molar refractivity (Wildman–Crippen MR) is 56.5 cm³/mol. The largest absolute Gasteiger partial charge is 0.383 e. The first-order valence-electron chi connectivity index (χ1n) is 3.81. The minimum absolute atomic E-state index is 0.189. The fraction of sp³-hybridized carbons (Fsp3) is 0.333. The van der Waals surface area contributed by atoms with Crippen LogP contribution in [0.25, 0.3) is 0 Å². The molecule has 0 heterocycles. The second kappa shape index (κ2) is 4.23. The van der Waals surface area contributed by atoms with Crippen molar-refractivity contribution in [2.75, 3.05) is 0 Å². The number of hydrogen-bond acceptors (Lipinski definition) is 1. The van der Waals surface area contributed by atoms with Crippen LogP contribution in [0.2, 0.25) is 5.02 Å². The number of benzene rings is 1. The van der Waals surface area contributed by atoms with E-state index in [2.05, 4.69) is 0 Å². The van der Waals surface area contributed by atoms with Crippen molar-refractivity contribution in [1.29, 1.82) is 0 Å². The quantitative estimate of drug-likeness (QED) is 0.804. The third kappa shape index (κ3) is 2.51. The summed E-state index contributed by atoms with van der Waals surface area (Å²) >= 11 is 16.7. The Labute approximate surface area is 96.4 Å². The summed E-state index contributed by atoms with van der Waals surface area (Å²) in [6.07, 6.45) is 0. The van der Waals surface area contributed by atoms with Gasteiger partial charge < -0.3 is 5.11 Å². The predicted octanol–water partition coefficient (Wildman–Crippen LogP) is 3.49. The molecule has 1 rings (SSSR count). The van der Waals surface area contributed by atoms with Gasteiger partial charge in [-0.05, 0) is 30.7 Å². The van der Waals surface area contributed by atoms with Crippen molar-refractivity contribution >= 4 is 34.8 Å². The van der Waals surface area contributed by atoms with Crippen LogP contribution in [-0.2, 0) is 5.60 Å². The molecule has 0 spiro atoms. The molecule has 0 aliphatic carbocycles. The zero-order valence-electron chi connectivity index (χ0n) is 7.27. The molecule has 0 saturated heterocycles. The lowest BCUT2D eigenvalue weighted by Gasteiger charge is -2.25. The summed E-state index contributed by atoms with van der Waals surface area (Å²) < 4.78 is 12.9. The van der Waals surface area contributed by atoms with Crippen LogP contribution >= 0.6 is 34.8 Å². The molecule has 1 nitrogen and oxygen atoms in total. The summed E-state index contributed by atoms with van der Waals surface area (Å²) in [5.41, 5.74) is -1.27. The van der Waals surface area contributed by atoms with E-state index in [0.29, 0.717) is 0 Å². The molecule has 0 aliphatic rings. The Balaban J connectivity index is 3.18. The molecule has 1 aromatic rings. The van der Waals surface area contributed by atoms with E-state index in [-0.39, 0.29) is 10.6 Å². The van der Waals surface area contributed by atoms with Crippen molar-refractivity contribution in [1.82, 2.24) is 0 Å². The van der Waals surface area contributed by atoms with Gasteiger partial charge in [0, 0.05) is 5.02 Å². The maximum absolute atomic E-state index is 12.9. The Hall–Kier alpha value is -0.0200. The minimum atomic E-state index is -1.52. The lowest BCUT2D eigenvalue weighted by atomic mass is 9.98. The molecule has 78 valence electrons. The molecule has 1 aromatic carbocycles. The topological polar surface area (TPSA) is 20.2 Å². The standard InChI is InChI=1S/C9H8Cl3FO/c1-9(14,8(11)12)5-2-6(10)4-7(13)3-5/h2-4,8,14H,1H3. The normalized spacial score (nSPS) is 15.6. The molecule has 0 fully saturated rings. The maximum atomic E-state index is 12.9. The molecule has 0 amide bonds. The van der Waals surface area contributed by atoms with E-state index in [1.807, 2.05) is 0 Å². The Morgan fingerprint density at radius 3 is 2.36 bits per heavy atom. The third-order valence-corrected chi connectivity index (χ3v) is 2.94. The Morgan fingerprint density at radius 1 is 1.36 bits per heavy atom. The van der Waals surface area contributed by atoms with Crippen molar-refractivity contribution in [3.63, 3.8) is 0 Å². The molecule has 14 heavy (non-hydrogen) atoms. The van der Waals surface area contributed by atoms with Crippen LogP contribution in [0.4, 0.5) is 4.39 Å². The van der Waals surface area contributed by atoms with Gasteiger partial charge in [-0.2, -0.15) is 0 Å². The monoisotopic (exact) mass is 256 g/mol. The van der Waals surface area contributed by atoms with E-state index >= 15 is 0 Å². The summed E-state index contributed by atoms with van der Waals surface area (Å²) in [6, 6.07) is 3.70. The van der Waals surface area contributed by atoms with Gasteiger partial charge in [-0.25, -0.2) is 4.39 Å². The fourth-order valence-electron chi connectivity index (χ4n) is 0.972. The highest BCUT2D eigenvalue weighted by Gasteiger charge is 2.31. The van der Waals surface area contributed by atoms with E-state index in [0.717, 1.165) is 12.1 Å². The van der Waals surface area contributed by atoms with E-state index in [1.165, 1.54) is 13.0 Å². The Bertz CT molecular complexity index is 319. The fourth-order valence-corrected chi connectivity index (χ4v) is 1.45. The highest BCUT2D eigenvalue weighted by molar-refractivity contribution is 6.45. The van der Waals surface area contributed by atoms with E-state index in [1.54, 1.807) is 0 Å². The van der Waals surface area contributed by atoms with Gasteiger partial charge in [-0.1, -0.05) is 11.6 Å². The Kier molecular flexibility index (Phi) is 3.64.